The van der Waals surface area contributed by atoms with E-state index >= 15 is 0 Å². The van der Waals surface area contributed by atoms with Crippen molar-refractivity contribution in [3.8, 4) is 0 Å². The van der Waals surface area contributed by atoms with E-state index < -0.39 is 0 Å². The molecule has 0 amide bonds. The van der Waals surface area contributed by atoms with Crippen LogP contribution in [-0.4, -0.2) is 21.5 Å². The molecule has 0 aliphatic heterocycles. The second-order valence-corrected chi connectivity index (χ2v) is 3.80. The summed E-state index contributed by atoms with van der Waals surface area (Å²) in [5, 5.41) is 12.9. The number of hydrogen-bond donors (Lipinski definition) is 1. The average Bonchev–Trinajstić information content (AvgIpc) is 3.14. The molecule has 2 fully saturated rings. The van der Waals surface area contributed by atoms with Crippen molar-refractivity contribution in [3.63, 3.8) is 0 Å². The van der Waals surface area contributed by atoms with Crippen LogP contribution in [0.4, 0.5) is 0 Å². The van der Waals surface area contributed by atoms with E-state index in [-0.39, 0.29) is 23.7 Å². The molecule has 1 N–H and O–H groups in total. The number of rotatable bonds is 3. The molecule has 3 rings (SSSR count). The Balaban J connectivity index is 0.000000256. The van der Waals surface area contributed by atoms with Gasteiger partial charge in [-0.05, 0) is 63.9 Å². The molecular weight excluding hydrogens is 280 g/mol. The number of aliphatic hydroxyl groups excluding tert-OH is 1. The van der Waals surface area contributed by atoms with E-state index in [1.165, 1.54) is 0 Å². The first-order chi connectivity index (χ1) is 8.92. The maximum Gasteiger partial charge on any atom is 2.00 e. The monoisotopic (exact) mass is 296 g/mol. The van der Waals surface area contributed by atoms with Crippen LogP contribution in [0.5, 0.6) is 0 Å². The molecule has 1 aromatic heterocycles. The van der Waals surface area contributed by atoms with E-state index in [0.717, 1.165) is 11.6 Å². The van der Waals surface area contributed by atoms with Crippen molar-refractivity contribution >= 4 is 0 Å². The van der Waals surface area contributed by atoms with Gasteiger partial charge in [0.15, 0.2) is 0 Å². The summed E-state index contributed by atoms with van der Waals surface area (Å²) in [7, 11) is 0. The van der Waals surface area contributed by atoms with Crippen LogP contribution in [0.25, 0.3) is 0 Å². The summed E-state index contributed by atoms with van der Waals surface area (Å²) in [5.74, 6) is 1.14. The molecule has 3 nitrogen and oxygen atoms in total. The Labute approximate surface area is 127 Å². The maximum atomic E-state index is 8.80. The third-order valence-electron chi connectivity index (χ3n) is 2.54. The van der Waals surface area contributed by atoms with Gasteiger partial charge in [0.25, 0.3) is 0 Å². The summed E-state index contributed by atoms with van der Waals surface area (Å²) in [6, 6.07) is 1.95. The van der Waals surface area contributed by atoms with Gasteiger partial charge in [0, 0.05) is 17.8 Å². The molecular formula is C15H16FeN2O+2. The topological polar surface area (TPSA) is 38.0 Å². The van der Waals surface area contributed by atoms with Gasteiger partial charge in [0.1, 0.15) is 0 Å². The van der Waals surface area contributed by atoms with Gasteiger partial charge < -0.3 is 5.11 Å². The second-order valence-electron chi connectivity index (χ2n) is 3.80. The minimum atomic E-state index is 0. The van der Waals surface area contributed by atoms with Crippen LogP contribution >= 0.6 is 0 Å². The van der Waals surface area contributed by atoms with Crippen LogP contribution in [0.15, 0.2) is 12.3 Å². The van der Waals surface area contributed by atoms with Crippen molar-refractivity contribution in [3.05, 3.63) is 81.7 Å². The SMILES string of the molecule is OCCn1nccc1[C]1[CH][CH][CH][CH]1.[CH]1[CH][CH][CH][CH]1.[Fe+2]. The van der Waals surface area contributed by atoms with E-state index in [0.29, 0.717) is 6.54 Å². The first kappa shape index (κ1) is 16.7. The zero-order chi connectivity index (χ0) is 12.6. The number of aromatic nitrogens is 2. The molecule has 10 radical (unpaired) electrons. The molecule has 0 saturated heterocycles. The van der Waals surface area contributed by atoms with Gasteiger partial charge in [-0.3, -0.25) is 4.68 Å². The Morgan fingerprint density at radius 3 is 2.05 bits per heavy atom. The average molecular weight is 296 g/mol. The zero-order valence-corrected chi connectivity index (χ0v) is 11.6. The van der Waals surface area contributed by atoms with E-state index in [9.17, 15) is 0 Å². The van der Waals surface area contributed by atoms with Crippen molar-refractivity contribution in [2.75, 3.05) is 6.61 Å². The quantitative estimate of drug-likeness (QED) is 0.861. The first-order valence-corrected chi connectivity index (χ1v) is 5.93. The Bertz CT molecular complexity index is 323. The summed E-state index contributed by atoms with van der Waals surface area (Å²) >= 11 is 0. The van der Waals surface area contributed by atoms with Gasteiger partial charge in [0.05, 0.1) is 13.2 Å². The summed E-state index contributed by atoms with van der Waals surface area (Å²) in [5.41, 5.74) is 1.05. The van der Waals surface area contributed by atoms with Crippen molar-refractivity contribution in [2.24, 2.45) is 0 Å². The van der Waals surface area contributed by atoms with E-state index in [4.69, 9.17) is 5.11 Å². The number of hydrogen-bond acceptors (Lipinski definition) is 2. The Morgan fingerprint density at radius 1 is 0.947 bits per heavy atom. The normalized spacial score (nSPS) is 18.8. The molecule has 0 spiro atoms. The predicted molar refractivity (Wildman–Crippen MR) is 70.4 cm³/mol. The van der Waals surface area contributed by atoms with Gasteiger partial charge >= 0.3 is 17.1 Å². The fourth-order valence-electron chi connectivity index (χ4n) is 1.72. The summed E-state index contributed by atoms with van der Waals surface area (Å²) in [4.78, 5) is 0. The van der Waals surface area contributed by atoms with Gasteiger partial charge in [-0.25, -0.2) is 0 Å². The van der Waals surface area contributed by atoms with Gasteiger partial charge in [0.2, 0.25) is 0 Å². The van der Waals surface area contributed by atoms with Crippen molar-refractivity contribution in [2.45, 2.75) is 6.54 Å². The molecule has 0 unspecified atom stereocenters. The maximum absolute atomic E-state index is 8.80. The van der Waals surface area contributed by atoms with Crippen LogP contribution in [0, 0.1) is 63.7 Å². The largest absolute Gasteiger partial charge is 2.00 e. The Kier molecular flexibility index (Phi) is 8.43. The van der Waals surface area contributed by atoms with Crippen LogP contribution < -0.4 is 0 Å². The molecule has 0 aromatic carbocycles. The van der Waals surface area contributed by atoms with Gasteiger partial charge in [-0.2, -0.15) is 5.10 Å². The molecule has 2 saturated carbocycles. The summed E-state index contributed by atoms with van der Waals surface area (Å²) in [6.45, 7) is 0.670. The molecule has 19 heavy (non-hydrogen) atoms. The molecule has 1 aromatic rings. The number of nitrogens with zero attached hydrogens (tertiary/aromatic N) is 2. The van der Waals surface area contributed by atoms with Crippen LogP contribution in [0.2, 0.25) is 0 Å². The van der Waals surface area contributed by atoms with Crippen LogP contribution in [0.3, 0.4) is 0 Å². The zero-order valence-electron chi connectivity index (χ0n) is 10.5. The molecule has 2 aliphatic carbocycles. The fraction of sp³-hybridized carbons (Fsp3) is 0.133. The van der Waals surface area contributed by atoms with Crippen molar-refractivity contribution in [1.82, 2.24) is 9.78 Å². The van der Waals surface area contributed by atoms with Crippen molar-refractivity contribution in [1.29, 1.82) is 0 Å². The molecule has 1 heterocycles. The number of aliphatic hydroxyl groups is 1. The predicted octanol–water partition coefficient (Wildman–Crippen LogP) is 1.65. The molecule has 98 valence electrons. The minimum absolute atomic E-state index is 0. The molecule has 4 heteroatoms. The first-order valence-electron chi connectivity index (χ1n) is 5.93. The smallest absolute Gasteiger partial charge is 0.394 e. The van der Waals surface area contributed by atoms with Crippen LogP contribution in [0.1, 0.15) is 5.69 Å². The molecule has 0 atom stereocenters. The van der Waals surface area contributed by atoms with E-state index in [1.54, 1.807) is 10.9 Å². The second kappa shape index (κ2) is 9.57. The van der Waals surface area contributed by atoms with Gasteiger partial charge in [-0.15, -0.1) is 0 Å². The van der Waals surface area contributed by atoms with E-state index in [2.05, 4.69) is 5.10 Å². The summed E-state index contributed by atoms with van der Waals surface area (Å²) in [6.07, 6.45) is 19.8. The molecule has 2 aliphatic rings. The van der Waals surface area contributed by atoms with E-state index in [1.807, 2.05) is 63.9 Å². The fourth-order valence-corrected chi connectivity index (χ4v) is 1.72. The molecule has 0 bridgehead atoms. The summed E-state index contributed by atoms with van der Waals surface area (Å²) < 4.78 is 1.80. The van der Waals surface area contributed by atoms with Crippen molar-refractivity contribution < 1.29 is 22.2 Å². The Hall–Kier alpha value is -0.311. The van der Waals surface area contributed by atoms with Crippen LogP contribution in [-0.2, 0) is 23.6 Å². The van der Waals surface area contributed by atoms with Gasteiger partial charge in [-0.1, -0.05) is 0 Å². The standard InChI is InChI=1S/C10H11N2O.C5H5.Fe/c13-8-7-12-10(5-6-11-12)9-3-1-2-4-9;1-2-4-5-3-1;/h1-6,13H,7-8H2;1-5H;/q;;+2. The third kappa shape index (κ3) is 5.29. The Morgan fingerprint density at radius 2 is 1.53 bits per heavy atom. The minimum Gasteiger partial charge on any atom is -0.394 e. The third-order valence-corrected chi connectivity index (χ3v) is 2.54.